The van der Waals surface area contributed by atoms with Crippen molar-refractivity contribution in [1.29, 1.82) is 0 Å². The van der Waals surface area contributed by atoms with Crippen molar-refractivity contribution in [2.75, 3.05) is 33.6 Å². The summed E-state index contributed by atoms with van der Waals surface area (Å²) >= 11 is 1.48. The molecular weight excluding hydrogens is 614 g/mol. The fourth-order valence-corrected chi connectivity index (χ4v) is 8.49. The summed E-state index contributed by atoms with van der Waals surface area (Å²) in [6.07, 6.45) is -1.76. The summed E-state index contributed by atoms with van der Waals surface area (Å²) in [5.41, 5.74) is -1.66. The first-order chi connectivity index (χ1) is 21.4. The average molecular weight is 672 g/mol. The molecule has 3 heterocycles. The highest BCUT2D eigenvalue weighted by Gasteiger charge is 2.56. The largest absolute Gasteiger partial charge is 0.458 e. The molecule has 2 bridgehead atoms. The molecule has 0 radical (unpaired) electrons. The van der Waals surface area contributed by atoms with E-state index in [1.54, 1.807) is 21.0 Å². The molecule has 264 valence electrons. The van der Waals surface area contributed by atoms with Crippen molar-refractivity contribution >= 4 is 29.3 Å². The minimum Gasteiger partial charge on any atom is -0.458 e. The van der Waals surface area contributed by atoms with Gasteiger partial charge >= 0.3 is 5.97 Å². The van der Waals surface area contributed by atoms with E-state index in [4.69, 9.17) is 28.4 Å². The summed E-state index contributed by atoms with van der Waals surface area (Å²) < 4.78 is 37.8. The van der Waals surface area contributed by atoms with E-state index < -0.39 is 59.5 Å². The lowest BCUT2D eigenvalue weighted by atomic mass is 9.74. The Morgan fingerprint density at radius 3 is 2.33 bits per heavy atom. The van der Waals surface area contributed by atoms with Gasteiger partial charge in [-0.05, 0) is 54.6 Å². The van der Waals surface area contributed by atoms with Crippen LogP contribution in [0, 0.1) is 17.8 Å². The Kier molecular flexibility index (Phi) is 13.2. The number of ether oxygens (including phenoxy) is 6. The van der Waals surface area contributed by atoms with Crippen LogP contribution in [0.15, 0.2) is 11.5 Å². The fraction of sp³-hybridized carbons (Fsp3) is 0.853. The number of fused-ring (bicyclic) bond motifs is 2. The lowest BCUT2D eigenvalue weighted by Gasteiger charge is -2.45. The van der Waals surface area contributed by atoms with Crippen LogP contribution in [0.1, 0.15) is 81.6 Å². The summed E-state index contributed by atoms with van der Waals surface area (Å²) in [6.45, 7) is 16.2. The van der Waals surface area contributed by atoms with E-state index in [9.17, 15) is 19.5 Å². The number of ketones is 2. The summed E-state index contributed by atoms with van der Waals surface area (Å²) in [6, 6.07) is -0.185. The fourth-order valence-electron chi connectivity index (χ4n) is 7.18. The number of hydrogen-bond acceptors (Lipinski definition) is 12. The average Bonchev–Trinajstić information content (AvgIpc) is 3.35. The number of aliphatic hydroxyl groups excluding tert-OH is 1. The van der Waals surface area contributed by atoms with Crippen LogP contribution in [-0.4, -0.2) is 114 Å². The number of nitrogens with zero attached hydrogens (tertiary/aromatic N) is 1. The van der Waals surface area contributed by atoms with Crippen LogP contribution in [-0.2, 0) is 42.8 Å². The lowest BCUT2D eigenvalue weighted by molar-refractivity contribution is -0.281. The van der Waals surface area contributed by atoms with Crippen molar-refractivity contribution in [3.8, 4) is 0 Å². The quantitative estimate of drug-likeness (QED) is 0.354. The van der Waals surface area contributed by atoms with E-state index in [0.717, 1.165) is 0 Å². The normalized spacial score (nSPS) is 42.5. The Morgan fingerprint density at radius 1 is 1.13 bits per heavy atom. The molecule has 0 spiro atoms. The minimum absolute atomic E-state index is 0.0291. The van der Waals surface area contributed by atoms with Crippen LogP contribution < -0.4 is 0 Å². The van der Waals surface area contributed by atoms with Gasteiger partial charge in [-0.2, -0.15) is 11.8 Å². The highest BCUT2D eigenvalue weighted by atomic mass is 32.2. The van der Waals surface area contributed by atoms with E-state index in [-0.39, 0.29) is 47.9 Å². The van der Waals surface area contributed by atoms with Gasteiger partial charge in [0.05, 0.1) is 41.3 Å². The first-order valence-electron chi connectivity index (χ1n) is 16.5. The third-order valence-corrected chi connectivity index (χ3v) is 12.0. The summed E-state index contributed by atoms with van der Waals surface area (Å²) in [4.78, 5) is 42.9. The number of rotatable bonds is 9. The number of carbonyl (C=O) groups excluding carboxylic acids is 3. The molecule has 3 aliphatic heterocycles. The van der Waals surface area contributed by atoms with Gasteiger partial charge in [-0.1, -0.05) is 27.7 Å². The zero-order valence-corrected chi connectivity index (χ0v) is 30.6. The maximum absolute atomic E-state index is 14.4. The number of aliphatic hydroxyl groups is 1. The zero-order valence-electron chi connectivity index (χ0n) is 29.8. The molecule has 12 atom stereocenters. The second kappa shape index (κ2) is 15.7. The number of carbonyl (C=O) groups is 3. The number of likely N-dealkylation sites (N-methyl/N-ethyl adjacent to an activating group) is 1. The smallest absolute Gasteiger partial charge is 0.303 e. The van der Waals surface area contributed by atoms with Crippen molar-refractivity contribution < 1.29 is 47.9 Å². The molecule has 0 saturated carbocycles. The Morgan fingerprint density at radius 2 is 1.78 bits per heavy atom. The molecule has 2 saturated heterocycles. The van der Waals surface area contributed by atoms with E-state index in [2.05, 4.69) is 0 Å². The lowest BCUT2D eigenvalue weighted by Crippen LogP contribution is -2.57. The van der Waals surface area contributed by atoms with E-state index in [1.165, 1.54) is 18.7 Å². The van der Waals surface area contributed by atoms with Crippen LogP contribution in [0.5, 0.6) is 0 Å². The monoisotopic (exact) mass is 671 g/mol. The van der Waals surface area contributed by atoms with Gasteiger partial charge in [-0.3, -0.25) is 14.4 Å². The molecular formula is C34H57NO10S. The van der Waals surface area contributed by atoms with E-state index in [0.29, 0.717) is 24.2 Å². The molecule has 3 aliphatic rings. The van der Waals surface area contributed by atoms with Crippen molar-refractivity contribution in [3.63, 3.8) is 0 Å². The zero-order chi connectivity index (χ0) is 34.7. The molecule has 0 amide bonds. The highest BCUT2D eigenvalue weighted by Crippen LogP contribution is 2.47. The van der Waals surface area contributed by atoms with Crippen LogP contribution in [0.4, 0.5) is 0 Å². The van der Waals surface area contributed by atoms with E-state index in [1.807, 2.05) is 60.5 Å². The van der Waals surface area contributed by atoms with Crippen molar-refractivity contribution in [1.82, 2.24) is 4.90 Å². The molecule has 3 rings (SSSR count). The SMILES string of the molecule is CC[C@H]1O/C2=C(\C)C(=O)[C@H](C)[C@@H](OC3O[C@H](C)C[C@H](N(C)C)[C@H]3OC(C)=O)C[C@@](C)(OC)[C@@H](C)C(=O)[C@H](C)[C@@H](SCCO)[C@@]1(C)O2. The Bertz CT molecular complexity index is 1130. The summed E-state index contributed by atoms with van der Waals surface area (Å²) in [5, 5.41) is 9.36. The van der Waals surface area contributed by atoms with Gasteiger partial charge in [0.1, 0.15) is 11.9 Å². The van der Waals surface area contributed by atoms with E-state index >= 15 is 0 Å². The summed E-state index contributed by atoms with van der Waals surface area (Å²) in [5.74, 6) is -2.02. The van der Waals surface area contributed by atoms with Crippen LogP contribution >= 0.6 is 11.8 Å². The molecule has 0 aromatic heterocycles. The van der Waals surface area contributed by atoms with Gasteiger partial charge in [0.2, 0.25) is 0 Å². The van der Waals surface area contributed by atoms with Gasteiger partial charge < -0.3 is 38.4 Å². The maximum Gasteiger partial charge on any atom is 0.303 e. The predicted octanol–water partition coefficient (Wildman–Crippen LogP) is 4.13. The van der Waals surface area contributed by atoms with Gasteiger partial charge in [0, 0.05) is 44.0 Å². The number of Topliss-reactive ketones (excluding diaryl/α,β-unsaturated/α-hetero) is 2. The number of hydrogen-bond donors (Lipinski definition) is 1. The highest BCUT2D eigenvalue weighted by molar-refractivity contribution is 8.00. The standard InChI is InChI=1S/C34H57NO10S/c1-13-26-34(9)30(46-15-14-36)20(4)28(39)22(6)33(8,40-12)17-25(19(3)27(38)21(5)31(44-26)45-34)43-32-29(42-23(7)37)24(35(10)11)16-18(2)41-32/h18-20,22,24-26,29-30,32,36H,13-17H2,1-12H3/b31-21-/t18-,19-,20+,22+,24+,25+,26-,29-,30-,32?,33-,34+/m1/s1. The first kappa shape index (κ1) is 38.7. The molecule has 0 aromatic carbocycles. The number of thioether (sulfide) groups is 1. The molecule has 1 N–H and O–H groups in total. The second-order valence-electron chi connectivity index (χ2n) is 13.8. The Balaban J connectivity index is 2.16. The number of esters is 1. The van der Waals surface area contributed by atoms with Gasteiger partial charge in [0.15, 0.2) is 23.8 Å². The molecule has 2 fully saturated rings. The van der Waals surface area contributed by atoms with Gasteiger partial charge in [-0.15, -0.1) is 0 Å². The van der Waals surface area contributed by atoms with Crippen LogP contribution in [0.2, 0.25) is 0 Å². The third-order valence-electron chi connectivity index (χ3n) is 10.4. The van der Waals surface area contributed by atoms with Crippen LogP contribution in [0.25, 0.3) is 0 Å². The third kappa shape index (κ3) is 7.94. The van der Waals surface area contributed by atoms with Crippen LogP contribution in [0.3, 0.4) is 0 Å². The Labute approximate surface area is 279 Å². The van der Waals surface area contributed by atoms with Gasteiger partial charge in [-0.25, -0.2) is 0 Å². The molecule has 11 nitrogen and oxygen atoms in total. The minimum atomic E-state index is -1.04. The van der Waals surface area contributed by atoms with Gasteiger partial charge in [0.25, 0.3) is 5.95 Å². The predicted molar refractivity (Wildman–Crippen MR) is 175 cm³/mol. The number of methoxy groups -OCH3 is 1. The molecule has 0 aliphatic carbocycles. The molecule has 1 unspecified atom stereocenters. The molecule has 0 aromatic rings. The van der Waals surface area contributed by atoms with Crippen molar-refractivity contribution in [2.45, 2.75) is 135 Å². The van der Waals surface area contributed by atoms with Crippen molar-refractivity contribution in [2.24, 2.45) is 17.8 Å². The van der Waals surface area contributed by atoms with Crippen molar-refractivity contribution in [3.05, 3.63) is 11.5 Å². The topological polar surface area (TPSA) is 130 Å². The molecule has 12 heteroatoms. The second-order valence-corrected chi connectivity index (χ2v) is 15.1. The maximum atomic E-state index is 14.4. The summed E-state index contributed by atoms with van der Waals surface area (Å²) in [7, 11) is 5.40. The molecule has 46 heavy (non-hydrogen) atoms. The Hall–Kier alpha value is -1.70. The first-order valence-corrected chi connectivity index (χ1v) is 17.6. The number of allylic oxidation sites excluding steroid dienone is 1.